The number of hydrogen-bond acceptors (Lipinski definition) is 4. The summed E-state index contributed by atoms with van der Waals surface area (Å²) in [7, 11) is 0. The first-order chi connectivity index (χ1) is 14.1. The number of anilines is 1. The van der Waals surface area contributed by atoms with Crippen molar-refractivity contribution in [2.75, 3.05) is 11.9 Å². The van der Waals surface area contributed by atoms with Crippen LogP contribution in [-0.2, 0) is 4.79 Å². The molecule has 0 spiro atoms. The molecule has 3 aromatic rings. The Kier molecular flexibility index (Phi) is 7.00. The minimum absolute atomic E-state index is 0.0418. The molecule has 0 heterocycles. The first-order valence-corrected chi connectivity index (χ1v) is 9.53. The van der Waals surface area contributed by atoms with Gasteiger partial charge in [-0.3, -0.25) is 9.59 Å². The summed E-state index contributed by atoms with van der Waals surface area (Å²) in [6.45, 7) is 2.56. The van der Waals surface area contributed by atoms with Gasteiger partial charge in [0.25, 0.3) is 0 Å². The number of carbonyl (C=O) groups excluding carboxylic acids is 2. The number of ether oxygens (including phenoxy) is 2. The largest absolute Gasteiger partial charge is 0.494 e. The van der Waals surface area contributed by atoms with Crippen molar-refractivity contribution in [1.29, 1.82) is 0 Å². The van der Waals surface area contributed by atoms with Gasteiger partial charge in [-0.2, -0.15) is 0 Å². The normalized spacial score (nSPS) is 10.2. The summed E-state index contributed by atoms with van der Waals surface area (Å²) in [5.41, 5.74) is 1.28. The third-order valence-corrected chi connectivity index (χ3v) is 4.18. The fourth-order valence-electron chi connectivity index (χ4n) is 2.73. The smallest absolute Gasteiger partial charge is 0.224 e. The summed E-state index contributed by atoms with van der Waals surface area (Å²) in [6.07, 6.45) is 0.312. The topological polar surface area (TPSA) is 64.6 Å². The average Bonchev–Trinajstić information content (AvgIpc) is 2.75. The molecule has 148 valence electrons. The molecule has 0 aliphatic carbocycles. The average molecular weight is 389 g/mol. The third kappa shape index (κ3) is 6.21. The van der Waals surface area contributed by atoms with Gasteiger partial charge in [0.2, 0.25) is 5.91 Å². The minimum Gasteiger partial charge on any atom is -0.494 e. The lowest BCUT2D eigenvalue weighted by molar-refractivity contribution is -0.116. The van der Waals surface area contributed by atoms with Gasteiger partial charge in [-0.15, -0.1) is 0 Å². The second-order valence-corrected chi connectivity index (χ2v) is 6.37. The number of benzene rings is 3. The SMILES string of the molecule is CCOc1ccc(Oc2ccc(NC(=O)CCC(=O)c3ccccc3)cc2)cc1. The van der Waals surface area contributed by atoms with Crippen LogP contribution in [0.3, 0.4) is 0 Å². The molecule has 0 saturated carbocycles. The summed E-state index contributed by atoms with van der Waals surface area (Å²) >= 11 is 0. The Morgan fingerprint density at radius 3 is 1.97 bits per heavy atom. The Morgan fingerprint density at radius 1 is 0.759 bits per heavy atom. The van der Waals surface area contributed by atoms with Crippen LogP contribution in [0.15, 0.2) is 78.9 Å². The van der Waals surface area contributed by atoms with Crippen LogP contribution in [0.25, 0.3) is 0 Å². The predicted octanol–water partition coefficient (Wildman–Crippen LogP) is 5.48. The van der Waals surface area contributed by atoms with Gasteiger partial charge < -0.3 is 14.8 Å². The molecule has 0 aromatic heterocycles. The Balaban J connectivity index is 1.48. The van der Waals surface area contributed by atoms with Gasteiger partial charge >= 0.3 is 0 Å². The van der Waals surface area contributed by atoms with E-state index in [0.717, 1.165) is 5.75 Å². The van der Waals surface area contributed by atoms with Gasteiger partial charge in [0, 0.05) is 24.1 Å². The Morgan fingerprint density at radius 2 is 1.34 bits per heavy atom. The van der Waals surface area contributed by atoms with E-state index in [4.69, 9.17) is 9.47 Å². The van der Waals surface area contributed by atoms with Crippen LogP contribution in [-0.4, -0.2) is 18.3 Å². The quantitative estimate of drug-likeness (QED) is 0.492. The molecule has 1 N–H and O–H groups in total. The molecule has 5 nitrogen and oxygen atoms in total. The summed E-state index contributed by atoms with van der Waals surface area (Å²) < 4.78 is 11.2. The fraction of sp³-hybridized carbons (Fsp3) is 0.167. The zero-order valence-corrected chi connectivity index (χ0v) is 16.3. The van der Waals surface area contributed by atoms with Crippen LogP contribution >= 0.6 is 0 Å². The van der Waals surface area contributed by atoms with Gasteiger partial charge in [0.15, 0.2) is 5.78 Å². The molecule has 0 saturated heterocycles. The molecule has 3 rings (SSSR count). The number of ketones is 1. The predicted molar refractivity (Wildman–Crippen MR) is 113 cm³/mol. The van der Waals surface area contributed by atoms with Crippen LogP contribution < -0.4 is 14.8 Å². The first kappa shape index (κ1) is 20.1. The lowest BCUT2D eigenvalue weighted by atomic mass is 10.1. The van der Waals surface area contributed by atoms with Crippen molar-refractivity contribution < 1.29 is 19.1 Å². The van der Waals surface area contributed by atoms with Crippen molar-refractivity contribution in [2.24, 2.45) is 0 Å². The summed E-state index contributed by atoms with van der Waals surface area (Å²) in [5, 5.41) is 2.80. The fourth-order valence-corrected chi connectivity index (χ4v) is 2.73. The molecule has 0 atom stereocenters. The van der Waals surface area contributed by atoms with E-state index in [9.17, 15) is 9.59 Å². The van der Waals surface area contributed by atoms with E-state index >= 15 is 0 Å². The highest BCUT2D eigenvalue weighted by atomic mass is 16.5. The van der Waals surface area contributed by atoms with Gasteiger partial charge in [0.05, 0.1) is 6.61 Å². The van der Waals surface area contributed by atoms with Crippen LogP contribution in [0.2, 0.25) is 0 Å². The second-order valence-electron chi connectivity index (χ2n) is 6.37. The number of hydrogen-bond donors (Lipinski definition) is 1. The number of nitrogens with one attached hydrogen (secondary N) is 1. The molecule has 0 fully saturated rings. The summed E-state index contributed by atoms with van der Waals surface area (Å²) in [4.78, 5) is 24.2. The number of carbonyl (C=O) groups is 2. The molecular weight excluding hydrogens is 366 g/mol. The Labute approximate surface area is 170 Å². The van der Waals surface area contributed by atoms with Crippen LogP contribution in [0.1, 0.15) is 30.1 Å². The zero-order chi connectivity index (χ0) is 20.5. The third-order valence-electron chi connectivity index (χ3n) is 4.18. The van der Waals surface area contributed by atoms with Gasteiger partial charge in [0.1, 0.15) is 17.2 Å². The van der Waals surface area contributed by atoms with Crippen LogP contribution in [0.5, 0.6) is 17.2 Å². The Bertz CT molecular complexity index is 935. The molecule has 1 amide bonds. The lowest BCUT2D eigenvalue weighted by Gasteiger charge is -2.09. The molecule has 0 aliphatic heterocycles. The molecule has 5 heteroatoms. The highest BCUT2D eigenvalue weighted by Gasteiger charge is 2.09. The standard InChI is InChI=1S/C24H23NO4/c1-2-28-20-12-14-22(15-13-20)29-21-10-8-19(9-11-21)25-24(27)17-16-23(26)18-6-4-3-5-7-18/h3-15H,2,16-17H2,1H3,(H,25,27). The van der Waals surface area contributed by atoms with E-state index in [2.05, 4.69) is 5.32 Å². The van der Waals surface area contributed by atoms with Crippen LogP contribution in [0.4, 0.5) is 5.69 Å². The number of Topliss-reactive ketones (excluding diaryl/α,β-unsaturated/α-hetero) is 1. The lowest BCUT2D eigenvalue weighted by Crippen LogP contribution is -2.13. The zero-order valence-electron chi connectivity index (χ0n) is 16.3. The maximum absolute atomic E-state index is 12.1. The Hall–Kier alpha value is -3.60. The summed E-state index contributed by atoms with van der Waals surface area (Å²) in [6, 6.07) is 23.4. The highest BCUT2D eigenvalue weighted by Crippen LogP contribution is 2.25. The second kappa shape index (κ2) is 10.1. The van der Waals surface area contributed by atoms with E-state index in [1.165, 1.54) is 0 Å². The minimum atomic E-state index is -0.200. The molecule has 0 unspecified atom stereocenters. The number of amides is 1. The first-order valence-electron chi connectivity index (χ1n) is 9.53. The van der Waals surface area contributed by atoms with Crippen molar-refractivity contribution in [1.82, 2.24) is 0 Å². The van der Waals surface area contributed by atoms with E-state index in [1.54, 1.807) is 36.4 Å². The van der Waals surface area contributed by atoms with E-state index in [1.807, 2.05) is 49.4 Å². The molecule has 0 bridgehead atoms. The maximum atomic E-state index is 12.1. The molecule has 3 aromatic carbocycles. The van der Waals surface area contributed by atoms with E-state index in [-0.39, 0.29) is 24.5 Å². The molecular formula is C24H23NO4. The van der Waals surface area contributed by atoms with Gasteiger partial charge in [-0.25, -0.2) is 0 Å². The monoisotopic (exact) mass is 389 g/mol. The van der Waals surface area contributed by atoms with Gasteiger partial charge in [-0.05, 0) is 55.5 Å². The van der Waals surface area contributed by atoms with Crippen molar-refractivity contribution in [3.05, 3.63) is 84.4 Å². The summed E-state index contributed by atoms with van der Waals surface area (Å²) in [5.74, 6) is 1.91. The molecule has 0 radical (unpaired) electrons. The number of rotatable bonds is 9. The highest BCUT2D eigenvalue weighted by molar-refractivity contribution is 5.99. The maximum Gasteiger partial charge on any atom is 0.224 e. The van der Waals surface area contributed by atoms with Crippen molar-refractivity contribution in [3.8, 4) is 17.2 Å². The molecule has 0 aliphatic rings. The van der Waals surface area contributed by atoms with Crippen molar-refractivity contribution in [3.63, 3.8) is 0 Å². The van der Waals surface area contributed by atoms with Crippen molar-refractivity contribution >= 4 is 17.4 Å². The van der Waals surface area contributed by atoms with E-state index < -0.39 is 0 Å². The van der Waals surface area contributed by atoms with E-state index in [0.29, 0.717) is 29.4 Å². The van der Waals surface area contributed by atoms with Crippen molar-refractivity contribution in [2.45, 2.75) is 19.8 Å². The molecule has 29 heavy (non-hydrogen) atoms. The van der Waals surface area contributed by atoms with Gasteiger partial charge in [-0.1, -0.05) is 30.3 Å². The van der Waals surface area contributed by atoms with Crippen LogP contribution in [0, 0.1) is 0 Å².